The molecule has 3 N–H and O–H groups in total. The quantitative estimate of drug-likeness (QED) is 0.831. The number of hydrogen-bond donors (Lipinski definition) is 2. The van der Waals surface area contributed by atoms with Gasteiger partial charge in [0.05, 0.1) is 24.6 Å². The van der Waals surface area contributed by atoms with Gasteiger partial charge in [-0.2, -0.15) is 0 Å². The Hall–Kier alpha value is -2.27. The van der Waals surface area contributed by atoms with Crippen molar-refractivity contribution in [2.75, 3.05) is 19.4 Å². The van der Waals surface area contributed by atoms with Crippen LogP contribution in [-0.4, -0.2) is 24.5 Å². The van der Waals surface area contributed by atoms with Gasteiger partial charge in [0.1, 0.15) is 10.9 Å². The lowest BCUT2D eigenvalue weighted by Crippen LogP contribution is -2.26. The summed E-state index contributed by atoms with van der Waals surface area (Å²) < 4.78 is 5.26. The van der Waals surface area contributed by atoms with E-state index in [-0.39, 0.29) is 16.6 Å². The van der Waals surface area contributed by atoms with Crippen molar-refractivity contribution in [3.05, 3.63) is 52.8 Å². The van der Waals surface area contributed by atoms with Crippen LogP contribution in [0.5, 0.6) is 5.75 Å². The second-order valence-electron chi connectivity index (χ2n) is 4.42. The molecule has 0 spiro atoms. The number of anilines is 1. The number of nitrogens with zero attached hydrogens (tertiary/aromatic N) is 1. The largest absolute Gasteiger partial charge is 0.496 e. The normalized spacial score (nSPS) is 10.2. The molecule has 21 heavy (non-hydrogen) atoms. The number of benzene rings is 1. The third-order valence-corrected chi connectivity index (χ3v) is 3.28. The summed E-state index contributed by atoms with van der Waals surface area (Å²) in [5, 5.41) is 2.93. The smallest absolute Gasteiger partial charge is 0.254 e. The maximum absolute atomic E-state index is 12.0. The molecule has 0 fully saturated rings. The highest BCUT2D eigenvalue weighted by Crippen LogP contribution is 2.18. The molecule has 0 bridgehead atoms. The highest BCUT2D eigenvalue weighted by molar-refractivity contribution is 6.32. The van der Waals surface area contributed by atoms with Gasteiger partial charge in [-0.25, -0.2) is 4.98 Å². The van der Waals surface area contributed by atoms with Gasteiger partial charge in [-0.05, 0) is 24.1 Å². The number of rotatable bonds is 5. The van der Waals surface area contributed by atoms with Gasteiger partial charge < -0.3 is 15.8 Å². The molecule has 0 radical (unpaired) electrons. The number of carbonyl (C=O) groups excluding carboxylic acids is 1. The van der Waals surface area contributed by atoms with E-state index in [0.29, 0.717) is 18.7 Å². The zero-order valence-corrected chi connectivity index (χ0v) is 12.4. The number of halogens is 1. The van der Waals surface area contributed by atoms with Crippen LogP contribution in [0.15, 0.2) is 36.5 Å². The topological polar surface area (TPSA) is 77.2 Å². The Morgan fingerprint density at radius 1 is 1.43 bits per heavy atom. The van der Waals surface area contributed by atoms with Crippen LogP contribution in [-0.2, 0) is 6.42 Å². The van der Waals surface area contributed by atoms with Gasteiger partial charge in [0.15, 0.2) is 0 Å². The molecular weight excluding hydrogens is 290 g/mol. The summed E-state index contributed by atoms with van der Waals surface area (Å²) in [6.45, 7) is 0.463. The lowest BCUT2D eigenvalue weighted by molar-refractivity contribution is 0.0954. The Bertz CT molecular complexity index is 647. The fraction of sp³-hybridized carbons (Fsp3) is 0.200. The molecule has 1 aromatic carbocycles. The van der Waals surface area contributed by atoms with Gasteiger partial charge in [0, 0.05) is 6.54 Å². The molecule has 1 amide bonds. The zero-order valence-electron chi connectivity index (χ0n) is 11.6. The Balaban J connectivity index is 1.97. The van der Waals surface area contributed by atoms with E-state index in [9.17, 15) is 4.79 Å². The minimum absolute atomic E-state index is 0.138. The zero-order chi connectivity index (χ0) is 15.2. The van der Waals surface area contributed by atoms with Crippen molar-refractivity contribution >= 4 is 23.2 Å². The van der Waals surface area contributed by atoms with Crippen molar-refractivity contribution in [3.63, 3.8) is 0 Å². The number of aromatic nitrogens is 1. The number of ether oxygens (including phenoxy) is 1. The first kappa shape index (κ1) is 15.1. The molecule has 0 saturated carbocycles. The Kier molecular flexibility index (Phi) is 5.00. The Labute approximate surface area is 128 Å². The molecule has 110 valence electrons. The molecule has 0 aliphatic rings. The SMILES string of the molecule is COc1ccccc1CCNC(=O)c1cc(N)cnc1Cl. The van der Waals surface area contributed by atoms with Crippen LogP contribution in [0.2, 0.25) is 5.15 Å². The molecule has 6 heteroatoms. The summed E-state index contributed by atoms with van der Waals surface area (Å²) in [4.78, 5) is 15.9. The minimum atomic E-state index is -0.297. The van der Waals surface area contributed by atoms with Gasteiger partial charge in [-0.3, -0.25) is 4.79 Å². The lowest BCUT2D eigenvalue weighted by Gasteiger charge is -2.09. The maximum atomic E-state index is 12.0. The fourth-order valence-corrected chi connectivity index (χ4v) is 2.13. The number of carbonyl (C=O) groups is 1. The average Bonchev–Trinajstić information content (AvgIpc) is 2.50. The molecule has 0 saturated heterocycles. The molecule has 1 heterocycles. The minimum Gasteiger partial charge on any atom is -0.496 e. The predicted molar refractivity (Wildman–Crippen MR) is 82.7 cm³/mol. The number of nitrogens with one attached hydrogen (secondary N) is 1. The van der Waals surface area contributed by atoms with Crippen LogP contribution in [0.1, 0.15) is 15.9 Å². The monoisotopic (exact) mass is 305 g/mol. The number of hydrogen-bond acceptors (Lipinski definition) is 4. The van der Waals surface area contributed by atoms with Crippen LogP contribution in [0.3, 0.4) is 0 Å². The third kappa shape index (κ3) is 3.86. The number of nitrogen functional groups attached to an aromatic ring is 1. The van der Waals surface area contributed by atoms with Crippen molar-refractivity contribution in [3.8, 4) is 5.75 Å². The first-order valence-electron chi connectivity index (χ1n) is 6.43. The van der Waals surface area contributed by atoms with Gasteiger partial charge in [-0.1, -0.05) is 29.8 Å². The summed E-state index contributed by atoms with van der Waals surface area (Å²) >= 11 is 5.89. The first-order chi connectivity index (χ1) is 10.1. The van der Waals surface area contributed by atoms with Crippen LogP contribution < -0.4 is 15.8 Å². The number of amides is 1. The molecule has 0 aliphatic carbocycles. The van der Waals surface area contributed by atoms with Crippen molar-refractivity contribution in [1.29, 1.82) is 0 Å². The Morgan fingerprint density at radius 2 is 2.19 bits per heavy atom. The van der Waals surface area contributed by atoms with E-state index in [1.54, 1.807) is 7.11 Å². The fourth-order valence-electron chi connectivity index (χ4n) is 1.94. The molecule has 0 aliphatic heterocycles. The van der Waals surface area contributed by atoms with Gasteiger partial charge in [0.2, 0.25) is 0 Å². The van der Waals surface area contributed by atoms with Gasteiger partial charge >= 0.3 is 0 Å². The van der Waals surface area contributed by atoms with Crippen molar-refractivity contribution in [1.82, 2.24) is 10.3 Å². The van der Waals surface area contributed by atoms with E-state index in [1.165, 1.54) is 12.3 Å². The molecule has 5 nitrogen and oxygen atoms in total. The molecule has 0 unspecified atom stereocenters. The van der Waals surface area contributed by atoms with E-state index in [0.717, 1.165) is 11.3 Å². The standard InChI is InChI=1S/C15H16ClN3O2/c1-21-13-5-3-2-4-10(13)6-7-18-15(20)12-8-11(17)9-19-14(12)16/h2-5,8-9H,6-7,17H2,1H3,(H,18,20). The summed E-state index contributed by atoms with van der Waals surface area (Å²) in [5.74, 6) is 0.505. The highest BCUT2D eigenvalue weighted by atomic mass is 35.5. The van der Waals surface area contributed by atoms with Crippen molar-refractivity contribution in [2.45, 2.75) is 6.42 Å². The van der Waals surface area contributed by atoms with Crippen LogP contribution in [0.4, 0.5) is 5.69 Å². The van der Waals surface area contributed by atoms with E-state index in [2.05, 4.69) is 10.3 Å². The molecule has 2 rings (SSSR count). The van der Waals surface area contributed by atoms with Crippen LogP contribution >= 0.6 is 11.6 Å². The van der Waals surface area contributed by atoms with E-state index >= 15 is 0 Å². The van der Waals surface area contributed by atoms with E-state index < -0.39 is 0 Å². The summed E-state index contributed by atoms with van der Waals surface area (Å²) in [7, 11) is 1.62. The van der Waals surface area contributed by atoms with Crippen LogP contribution in [0, 0.1) is 0 Å². The number of pyridine rings is 1. The number of methoxy groups -OCH3 is 1. The van der Waals surface area contributed by atoms with E-state index in [4.69, 9.17) is 22.1 Å². The van der Waals surface area contributed by atoms with Gasteiger partial charge in [-0.15, -0.1) is 0 Å². The van der Waals surface area contributed by atoms with Crippen molar-refractivity contribution in [2.24, 2.45) is 0 Å². The maximum Gasteiger partial charge on any atom is 0.254 e. The first-order valence-corrected chi connectivity index (χ1v) is 6.80. The highest BCUT2D eigenvalue weighted by Gasteiger charge is 2.11. The molecule has 0 atom stereocenters. The summed E-state index contributed by atoms with van der Waals surface area (Å²) in [6.07, 6.45) is 2.07. The van der Waals surface area contributed by atoms with Crippen molar-refractivity contribution < 1.29 is 9.53 Å². The second kappa shape index (κ2) is 6.95. The Morgan fingerprint density at radius 3 is 2.95 bits per heavy atom. The average molecular weight is 306 g/mol. The predicted octanol–water partition coefficient (Wildman–Crippen LogP) is 2.30. The number of nitrogens with two attached hydrogens (primary N) is 1. The van der Waals surface area contributed by atoms with E-state index in [1.807, 2.05) is 24.3 Å². The van der Waals surface area contributed by atoms with Crippen LogP contribution in [0.25, 0.3) is 0 Å². The molecule has 1 aromatic heterocycles. The molecule has 2 aromatic rings. The lowest BCUT2D eigenvalue weighted by atomic mass is 10.1. The summed E-state index contributed by atoms with van der Waals surface area (Å²) in [5.41, 5.74) is 7.30. The third-order valence-electron chi connectivity index (χ3n) is 2.98. The second-order valence-corrected chi connectivity index (χ2v) is 4.78. The molecular formula is C15H16ClN3O2. The summed E-state index contributed by atoms with van der Waals surface area (Å²) in [6, 6.07) is 9.18. The van der Waals surface area contributed by atoms with Gasteiger partial charge in [0.25, 0.3) is 5.91 Å². The number of para-hydroxylation sites is 1.